The highest BCUT2D eigenvalue weighted by atomic mass is 79.9. The molecule has 1 aromatic rings. The van der Waals surface area contributed by atoms with Crippen molar-refractivity contribution in [2.75, 3.05) is 7.05 Å². The molecule has 1 nitrogen and oxygen atoms in total. The van der Waals surface area contributed by atoms with Crippen LogP contribution in [-0.4, -0.2) is 7.05 Å². The highest BCUT2D eigenvalue weighted by Crippen LogP contribution is 2.32. The predicted molar refractivity (Wildman–Crippen MR) is 91.6 cm³/mol. The molecule has 0 aliphatic rings. The van der Waals surface area contributed by atoms with E-state index >= 15 is 0 Å². The van der Waals surface area contributed by atoms with Gasteiger partial charge in [0.25, 0.3) is 0 Å². The first kappa shape index (κ1) is 17.2. The minimum Gasteiger partial charge on any atom is -0.313 e. The van der Waals surface area contributed by atoms with Crippen molar-refractivity contribution in [2.45, 2.75) is 52.0 Å². The number of hydrogen-bond acceptors (Lipinski definition) is 1. The van der Waals surface area contributed by atoms with E-state index in [1.165, 1.54) is 42.1 Å². The zero-order chi connectivity index (χ0) is 14.3. The standard InChI is InChI=1S/C16H25Br2N/c1-4-6-7-12(5-2)10-16(19-3)14-9-8-13(17)11-15(14)18/h8-9,11-12,16,19H,4-7,10H2,1-3H3. The zero-order valence-electron chi connectivity index (χ0n) is 12.2. The van der Waals surface area contributed by atoms with Crippen molar-refractivity contribution in [1.82, 2.24) is 5.32 Å². The molecule has 2 atom stereocenters. The van der Waals surface area contributed by atoms with Gasteiger partial charge in [0.05, 0.1) is 0 Å². The van der Waals surface area contributed by atoms with Gasteiger partial charge in [-0.15, -0.1) is 0 Å². The summed E-state index contributed by atoms with van der Waals surface area (Å²) in [6.45, 7) is 4.58. The van der Waals surface area contributed by atoms with E-state index < -0.39 is 0 Å². The summed E-state index contributed by atoms with van der Waals surface area (Å²) in [7, 11) is 2.06. The molecule has 0 bridgehead atoms. The average Bonchev–Trinajstić information content (AvgIpc) is 2.40. The predicted octanol–water partition coefficient (Wildman–Crippen LogP) is 6.08. The number of benzene rings is 1. The number of nitrogens with one attached hydrogen (secondary N) is 1. The van der Waals surface area contributed by atoms with Crippen LogP contribution in [0.25, 0.3) is 0 Å². The summed E-state index contributed by atoms with van der Waals surface area (Å²) in [5.74, 6) is 0.813. The normalized spacial score (nSPS) is 14.4. The Kier molecular flexibility index (Phi) is 8.27. The van der Waals surface area contributed by atoms with Gasteiger partial charge in [0.2, 0.25) is 0 Å². The minimum atomic E-state index is 0.435. The van der Waals surface area contributed by atoms with E-state index in [9.17, 15) is 0 Å². The van der Waals surface area contributed by atoms with Gasteiger partial charge in [-0.25, -0.2) is 0 Å². The lowest BCUT2D eigenvalue weighted by Gasteiger charge is -2.24. The Bertz CT molecular complexity index is 379. The lowest BCUT2D eigenvalue weighted by Crippen LogP contribution is -2.20. The van der Waals surface area contributed by atoms with Crippen molar-refractivity contribution in [3.8, 4) is 0 Å². The zero-order valence-corrected chi connectivity index (χ0v) is 15.4. The first-order chi connectivity index (χ1) is 9.12. The van der Waals surface area contributed by atoms with E-state index in [0.29, 0.717) is 6.04 Å². The summed E-state index contributed by atoms with van der Waals surface area (Å²) in [4.78, 5) is 0. The van der Waals surface area contributed by atoms with Crippen molar-refractivity contribution >= 4 is 31.9 Å². The number of halogens is 2. The van der Waals surface area contributed by atoms with E-state index in [1.807, 2.05) is 0 Å². The first-order valence-electron chi connectivity index (χ1n) is 7.24. The van der Waals surface area contributed by atoms with Crippen LogP contribution in [0.1, 0.15) is 57.6 Å². The Morgan fingerprint density at radius 2 is 1.95 bits per heavy atom. The van der Waals surface area contributed by atoms with Gasteiger partial charge in [0.15, 0.2) is 0 Å². The molecule has 3 heteroatoms. The minimum absolute atomic E-state index is 0.435. The third-order valence-corrected chi connectivity index (χ3v) is 4.98. The molecule has 0 heterocycles. The molecular formula is C16H25Br2N. The fourth-order valence-electron chi connectivity index (χ4n) is 2.50. The van der Waals surface area contributed by atoms with Crippen molar-refractivity contribution < 1.29 is 0 Å². The largest absolute Gasteiger partial charge is 0.313 e. The van der Waals surface area contributed by atoms with Gasteiger partial charge < -0.3 is 5.32 Å². The Morgan fingerprint density at radius 3 is 2.47 bits per heavy atom. The fraction of sp³-hybridized carbons (Fsp3) is 0.625. The second-order valence-corrected chi connectivity index (χ2v) is 6.93. The van der Waals surface area contributed by atoms with E-state index in [-0.39, 0.29) is 0 Å². The summed E-state index contributed by atoms with van der Waals surface area (Å²) in [5.41, 5.74) is 1.36. The van der Waals surface area contributed by atoms with Gasteiger partial charge in [-0.1, -0.05) is 77.5 Å². The van der Waals surface area contributed by atoms with Crippen LogP contribution in [0.5, 0.6) is 0 Å². The summed E-state index contributed by atoms with van der Waals surface area (Å²) < 4.78 is 2.31. The maximum atomic E-state index is 3.68. The molecule has 0 saturated heterocycles. The summed E-state index contributed by atoms with van der Waals surface area (Å²) in [6.07, 6.45) is 6.47. The quantitative estimate of drug-likeness (QED) is 0.567. The van der Waals surface area contributed by atoms with Crippen molar-refractivity contribution in [1.29, 1.82) is 0 Å². The second-order valence-electron chi connectivity index (χ2n) is 5.16. The van der Waals surface area contributed by atoms with E-state index in [0.717, 1.165) is 10.4 Å². The summed E-state index contributed by atoms with van der Waals surface area (Å²) in [5, 5.41) is 3.47. The van der Waals surface area contributed by atoms with Crippen LogP contribution in [0.15, 0.2) is 27.1 Å². The molecule has 1 N–H and O–H groups in total. The molecule has 19 heavy (non-hydrogen) atoms. The van der Waals surface area contributed by atoms with Crippen molar-refractivity contribution in [2.24, 2.45) is 5.92 Å². The third-order valence-electron chi connectivity index (χ3n) is 3.80. The Labute approximate surface area is 134 Å². The molecule has 108 valence electrons. The molecule has 1 aromatic carbocycles. The number of hydrogen-bond donors (Lipinski definition) is 1. The molecule has 0 aromatic heterocycles. The SMILES string of the molecule is CCCCC(CC)CC(NC)c1ccc(Br)cc1Br. The van der Waals surface area contributed by atoms with Crippen LogP contribution in [0.2, 0.25) is 0 Å². The molecule has 1 rings (SSSR count). The molecular weight excluding hydrogens is 366 g/mol. The Hall–Kier alpha value is 0.140. The monoisotopic (exact) mass is 389 g/mol. The average molecular weight is 391 g/mol. The lowest BCUT2D eigenvalue weighted by atomic mass is 9.89. The van der Waals surface area contributed by atoms with Crippen LogP contribution in [0.4, 0.5) is 0 Å². The van der Waals surface area contributed by atoms with E-state index in [1.54, 1.807) is 0 Å². The van der Waals surface area contributed by atoms with Gasteiger partial charge in [-0.3, -0.25) is 0 Å². The van der Waals surface area contributed by atoms with Gasteiger partial charge in [-0.05, 0) is 37.1 Å². The van der Waals surface area contributed by atoms with Gasteiger partial charge in [-0.2, -0.15) is 0 Å². The summed E-state index contributed by atoms with van der Waals surface area (Å²) >= 11 is 7.20. The molecule has 2 unspecified atom stereocenters. The highest BCUT2D eigenvalue weighted by molar-refractivity contribution is 9.11. The first-order valence-corrected chi connectivity index (χ1v) is 8.83. The van der Waals surface area contributed by atoms with Crippen LogP contribution in [-0.2, 0) is 0 Å². The lowest BCUT2D eigenvalue weighted by molar-refractivity contribution is 0.364. The summed E-state index contributed by atoms with van der Waals surface area (Å²) in [6, 6.07) is 6.90. The molecule has 0 saturated carbocycles. The van der Waals surface area contributed by atoms with Crippen LogP contribution in [0.3, 0.4) is 0 Å². The van der Waals surface area contributed by atoms with Crippen LogP contribution >= 0.6 is 31.9 Å². The molecule has 0 amide bonds. The maximum absolute atomic E-state index is 3.68. The topological polar surface area (TPSA) is 12.0 Å². The molecule has 0 spiro atoms. The van der Waals surface area contributed by atoms with Crippen molar-refractivity contribution in [3.05, 3.63) is 32.7 Å². The molecule has 0 aliphatic heterocycles. The second kappa shape index (κ2) is 9.15. The molecule has 0 radical (unpaired) electrons. The third kappa shape index (κ3) is 5.57. The molecule has 0 aliphatic carbocycles. The van der Waals surface area contributed by atoms with E-state index in [4.69, 9.17) is 0 Å². The van der Waals surface area contributed by atoms with Gasteiger partial charge in [0, 0.05) is 15.0 Å². The number of unbranched alkanes of at least 4 members (excludes halogenated alkanes) is 1. The van der Waals surface area contributed by atoms with Crippen LogP contribution < -0.4 is 5.32 Å². The highest BCUT2D eigenvalue weighted by Gasteiger charge is 2.17. The Balaban J connectivity index is 2.76. The maximum Gasteiger partial charge on any atom is 0.0331 e. The Morgan fingerprint density at radius 1 is 1.21 bits per heavy atom. The van der Waals surface area contributed by atoms with Crippen molar-refractivity contribution in [3.63, 3.8) is 0 Å². The molecule has 0 fully saturated rings. The smallest absolute Gasteiger partial charge is 0.0331 e. The van der Waals surface area contributed by atoms with E-state index in [2.05, 4.69) is 76.3 Å². The van der Waals surface area contributed by atoms with Gasteiger partial charge in [0.1, 0.15) is 0 Å². The number of rotatable bonds is 8. The fourth-order valence-corrected chi connectivity index (χ4v) is 3.82. The van der Waals surface area contributed by atoms with Crippen LogP contribution in [0, 0.1) is 5.92 Å². The van der Waals surface area contributed by atoms with Gasteiger partial charge >= 0.3 is 0 Å².